The summed E-state index contributed by atoms with van der Waals surface area (Å²) >= 11 is 6.84. The second kappa shape index (κ2) is 4.89. The van der Waals surface area contributed by atoms with E-state index in [-0.39, 0.29) is 5.38 Å². The van der Waals surface area contributed by atoms with Crippen LogP contribution in [0.5, 0.6) is 0 Å². The van der Waals surface area contributed by atoms with Crippen LogP contribution in [-0.2, 0) is 12.8 Å². The van der Waals surface area contributed by atoms with Crippen molar-refractivity contribution >= 4 is 22.4 Å². The Labute approximate surface area is 130 Å². The Morgan fingerprint density at radius 3 is 2.38 bits per heavy atom. The van der Waals surface area contributed by atoms with Crippen molar-refractivity contribution in [3.8, 4) is 0 Å². The van der Waals surface area contributed by atoms with Crippen LogP contribution in [0.4, 0.5) is 0 Å². The van der Waals surface area contributed by atoms with Gasteiger partial charge in [0, 0.05) is 0 Å². The molecule has 1 unspecified atom stereocenters. The van der Waals surface area contributed by atoms with Crippen molar-refractivity contribution in [3.63, 3.8) is 0 Å². The SMILES string of the molecule is Cc1ccccc1C(Cl)c1ccc2c3c(cccc13)CC2. The number of aryl methyl sites for hydroxylation is 3. The van der Waals surface area contributed by atoms with E-state index in [0.717, 1.165) is 12.8 Å². The van der Waals surface area contributed by atoms with Gasteiger partial charge in [-0.25, -0.2) is 0 Å². The van der Waals surface area contributed by atoms with Gasteiger partial charge in [-0.15, -0.1) is 11.6 Å². The lowest BCUT2D eigenvalue weighted by molar-refractivity contribution is 1.02. The maximum absolute atomic E-state index is 6.84. The van der Waals surface area contributed by atoms with E-state index in [1.807, 2.05) is 0 Å². The second-order valence-electron chi connectivity index (χ2n) is 5.87. The summed E-state index contributed by atoms with van der Waals surface area (Å²) in [5.41, 5.74) is 6.63. The van der Waals surface area contributed by atoms with Crippen molar-refractivity contribution < 1.29 is 0 Å². The molecule has 3 aromatic rings. The molecular weight excluding hydrogens is 276 g/mol. The van der Waals surface area contributed by atoms with E-state index < -0.39 is 0 Å². The maximum atomic E-state index is 6.84. The fraction of sp³-hybridized carbons (Fsp3) is 0.200. The molecule has 1 aliphatic carbocycles. The van der Waals surface area contributed by atoms with E-state index in [4.69, 9.17) is 11.6 Å². The Kier molecular flexibility index (Phi) is 3.01. The highest BCUT2D eigenvalue weighted by Crippen LogP contribution is 2.39. The van der Waals surface area contributed by atoms with E-state index in [9.17, 15) is 0 Å². The van der Waals surface area contributed by atoms with E-state index in [0.29, 0.717) is 0 Å². The minimum Gasteiger partial charge on any atom is -0.113 e. The van der Waals surface area contributed by atoms with Crippen LogP contribution in [0.25, 0.3) is 10.8 Å². The first-order chi connectivity index (χ1) is 10.3. The van der Waals surface area contributed by atoms with Crippen LogP contribution in [0, 0.1) is 6.92 Å². The van der Waals surface area contributed by atoms with Crippen molar-refractivity contribution in [1.82, 2.24) is 0 Å². The molecule has 0 saturated carbocycles. The summed E-state index contributed by atoms with van der Waals surface area (Å²) in [4.78, 5) is 0. The third kappa shape index (κ3) is 1.98. The number of benzene rings is 3. The molecule has 0 nitrogen and oxygen atoms in total. The number of hydrogen-bond acceptors (Lipinski definition) is 0. The first kappa shape index (κ1) is 12.9. The summed E-state index contributed by atoms with van der Waals surface area (Å²) < 4.78 is 0. The highest BCUT2D eigenvalue weighted by molar-refractivity contribution is 6.23. The van der Waals surface area contributed by atoms with Gasteiger partial charge < -0.3 is 0 Å². The van der Waals surface area contributed by atoms with Gasteiger partial charge in [0.05, 0.1) is 5.38 Å². The summed E-state index contributed by atoms with van der Waals surface area (Å²) in [6.45, 7) is 2.13. The van der Waals surface area contributed by atoms with Crippen molar-refractivity contribution in [2.45, 2.75) is 25.1 Å². The van der Waals surface area contributed by atoms with Gasteiger partial charge in [0.1, 0.15) is 0 Å². The molecule has 0 aliphatic heterocycles. The molecule has 0 N–H and O–H groups in total. The molecule has 21 heavy (non-hydrogen) atoms. The van der Waals surface area contributed by atoms with Gasteiger partial charge in [-0.05, 0) is 58.4 Å². The molecule has 0 heterocycles. The van der Waals surface area contributed by atoms with Gasteiger partial charge in [-0.1, -0.05) is 54.6 Å². The van der Waals surface area contributed by atoms with E-state index in [1.54, 1.807) is 0 Å². The van der Waals surface area contributed by atoms with Gasteiger partial charge in [-0.3, -0.25) is 0 Å². The van der Waals surface area contributed by atoms with Crippen molar-refractivity contribution in [1.29, 1.82) is 0 Å². The smallest absolute Gasteiger partial charge is 0.0843 e. The molecule has 1 atom stereocenters. The van der Waals surface area contributed by atoms with Crippen LogP contribution in [0.2, 0.25) is 0 Å². The van der Waals surface area contributed by atoms with Gasteiger partial charge >= 0.3 is 0 Å². The lowest BCUT2D eigenvalue weighted by Crippen LogP contribution is -1.98. The molecular formula is C20H17Cl. The summed E-state index contributed by atoms with van der Waals surface area (Å²) in [6, 6.07) is 19.5. The zero-order chi connectivity index (χ0) is 14.4. The first-order valence-corrected chi connectivity index (χ1v) is 7.92. The van der Waals surface area contributed by atoms with Crippen molar-refractivity contribution in [2.75, 3.05) is 0 Å². The molecule has 0 fully saturated rings. The Bertz CT molecular complexity index is 822. The Hall–Kier alpha value is -1.79. The summed E-state index contributed by atoms with van der Waals surface area (Å²) in [6.07, 6.45) is 2.32. The second-order valence-corrected chi connectivity index (χ2v) is 6.31. The van der Waals surface area contributed by atoms with Crippen LogP contribution in [0.1, 0.15) is 33.2 Å². The number of alkyl halides is 1. The summed E-state index contributed by atoms with van der Waals surface area (Å²) in [7, 11) is 0. The largest absolute Gasteiger partial charge is 0.113 e. The van der Waals surface area contributed by atoms with Crippen molar-refractivity contribution in [2.24, 2.45) is 0 Å². The lowest BCUT2D eigenvalue weighted by Gasteiger charge is -2.16. The van der Waals surface area contributed by atoms with Crippen LogP contribution in [-0.4, -0.2) is 0 Å². The average molecular weight is 293 g/mol. The topological polar surface area (TPSA) is 0 Å². The first-order valence-electron chi connectivity index (χ1n) is 7.48. The molecule has 0 radical (unpaired) electrons. The predicted octanol–water partition coefficient (Wildman–Crippen LogP) is 5.58. The molecule has 0 bridgehead atoms. The van der Waals surface area contributed by atoms with E-state index >= 15 is 0 Å². The standard InChI is InChI=1S/C20H17Cl/c1-13-5-2-3-7-16(13)20(21)18-12-11-15-10-9-14-6-4-8-17(18)19(14)15/h2-8,11-12,20H,9-10H2,1H3. The van der Waals surface area contributed by atoms with Crippen molar-refractivity contribution in [3.05, 3.63) is 82.4 Å². The quantitative estimate of drug-likeness (QED) is 0.541. The van der Waals surface area contributed by atoms with Crippen LogP contribution in [0.3, 0.4) is 0 Å². The normalized spacial score (nSPS) is 14.6. The molecule has 0 spiro atoms. The minimum atomic E-state index is -0.0869. The van der Waals surface area contributed by atoms with E-state index in [2.05, 4.69) is 61.5 Å². The minimum absolute atomic E-state index is 0.0869. The highest BCUT2D eigenvalue weighted by Gasteiger charge is 2.20. The van der Waals surface area contributed by atoms with Gasteiger partial charge in [0.15, 0.2) is 0 Å². The molecule has 104 valence electrons. The molecule has 1 aliphatic rings. The molecule has 3 aromatic carbocycles. The Morgan fingerprint density at radius 1 is 0.810 bits per heavy atom. The summed E-state index contributed by atoms with van der Waals surface area (Å²) in [5, 5.41) is 2.68. The molecule has 1 heteroatoms. The van der Waals surface area contributed by atoms with Gasteiger partial charge in [-0.2, -0.15) is 0 Å². The maximum Gasteiger partial charge on any atom is 0.0843 e. The predicted molar refractivity (Wildman–Crippen MR) is 90.2 cm³/mol. The average Bonchev–Trinajstić information content (AvgIpc) is 2.93. The van der Waals surface area contributed by atoms with E-state index in [1.165, 1.54) is 38.6 Å². The Balaban J connectivity index is 1.94. The monoisotopic (exact) mass is 292 g/mol. The molecule has 0 aromatic heterocycles. The van der Waals surface area contributed by atoms with Crippen LogP contribution in [0.15, 0.2) is 54.6 Å². The number of hydrogen-bond donors (Lipinski definition) is 0. The highest BCUT2D eigenvalue weighted by atomic mass is 35.5. The third-order valence-electron chi connectivity index (χ3n) is 4.65. The Morgan fingerprint density at radius 2 is 1.57 bits per heavy atom. The lowest BCUT2D eigenvalue weighted by atomic mass is 9.93. The van der Waals surface area contributed by atoms with Crippen LogP contribution >= 0.6 is 11.6 Å². The van der Waals surface area contributed by atoms with Gasteiger partial charge in [0.2, 0.25) is 0 Å². The third-order valence-corrected chi connectivity index (χ3v) is 5.12. The van der Waals surface area contributed by atoms with Gasteiger partial charge in [0.25, 0.3) is 0 Å². The molecule has 0 amide bonds. The zero-order valence-electron chi connectivity index (χ0n) is 12.1. The summed E-state index contributed by atoms with van der Waals surface area (Å²) in [5.74, 6) is 0. The zero-order valence-corrected chi connectivity index (χ0v) is 12.8. The molecule has 0 saturated heterocycles. The number of rotatable bonds is 2. The van der Waals surface area contributed by atoms with Crippen LogP contribution < -0.4 is 0 Å². The number of halogens is 1. The fourth-order valence-corrected chi connectivity index (χ4v) is 3.96. The molecule has 4 rings (SSSR count). The fourth-order valence-electron chi connectivity index (χ4n) is 3.53.